The van der Waals surface area contributed by atoms with E-state index in [4.69, 9.17) is 0 Å². The van der Waals surface area contributed by atoms with Crippen molar-refractivity contribution in [3.05, 3.63) is 30.1 Å². The molecule has 2 heteroatoms. The molecule has 0 aromatic carbocycles. The average molecular weight is 445 g/mol. The summed E-state index contributed by atoms with van der Waals surface area (Å²) >= 11 is 0. The Morgan fingerprint density at radius 1 is 0.625 bits per heavy atom. The number of unbranched alkanes of at least 4 members (excludes halogenated alkanes) is 13. The number of nitrogens with zero attached hydrogens (tertiary/aromatic N) is 1. The summed E-state index contributed by atoms with van der Waals surface area (Å²) in [6.07, 6.45) is 25.7. The number of pyridine rings is 1. The van der Waals surface area contributed by atoms with Crippen molar-refractivity contribution in [1.82, 2.24) is 0 Å². The van der Waals surface area contributed by atoms with Crippen molar-refractivity contribution in [2.45, 2.75) is 103 Å². The molecule has 0 aliphatic rings. The first-order valence-electron chi connectivity index (χ1n) is 10.3. The van der Waals surface area contributed by atoms with Gasteiger partial charge in [0, 0.05) is 12.1 Å². The van der Waals surface area contributed by atoms with Crippen molar-refractivity contribution >= 4 is 0 Å². The molecule has 1 aromatic rings. The predicted octanol–water partition coefficient (Wildman–Crippen LogP) is 3.54. The molecule has 1 nitrogen and oxygen atoms in total. The Morgan fingerprint density at radius 2 is 1.00 bits per heavy atom. The van der Waals surface area contributed by atoms with Crippen molar-refractivity contribution in [2.24, 2.45) is 7.05 Å². The number of hydrogen-bond donors (Lipinski definition) is 0. The van der Waals surface area contributed by atoms with Crippen molar-refractivity contribution in [3.8, 4) is 0 Å². The minimum Gasteiger partial charge on any atom is -1.00 e. The van der Waals surface area contributed by atoms with E-state index in [9.17, 15) is 0 Å². The first kappa shape index (κ1) is 23.9. The van der Waals surface area contributed by atoms with E-state index in [1.807, 2.05) is 0 Å². The second kappa shape index (κ2) is 17.7. The molecule has 0 amide bonds. The number of aryl methyl sites for hydroxylation is 2. The number of rotatable bonds is 15. The van der Waals surface area contributed by atoms with Crippen LogP contribution in [0.2, 0.25) is 0 Å². The first-order chi connectivity index (χ1) is 11.3. The Morgan fingerprint density at radius 3 is 1.42 bits per heavy atom. The van der Waals surface area contributed by atoms with Crippen LogP contribution in [0.1, 0.15) is 102 Å². The van der Waals surface area contributed by atoms with Gasteiger partial charge in [-0.05, 0) is 18.4 Å². The molecule has 0 spiro atoms. The van der Waals surface area contributed by atoms with Gasteiger partial charge >= 0.3 is 0 Å². The van der Waals surface area contributed by atoms with Gasteiger partial charge in [0.2, 0.25) is 0 Å². The fourth-order valence-electron chi connectivity index (χ4n) is 3.22. The molecule has 0 radical (unpaired) electrons. The largest absolute Gasteiger partial charge is 1.00 e. The minimum absolute atomic E-state index is 0. The molecular weight excluding hydrogens is 405 g/mol. The van der Waals surface area contributed by atoms with Crippen LogP contribution >= 0.6 is 0 Å². The van der Waals surface area contributed by atoms with Crippen LogP contribution in [0.15, 0.2) is 24.5 Å². The van der Waals surface area contributed by atoms with E-state index in [1.54, 1.807) is 0 Å². The zero-order valence-electron chi connectivity index (χ0n) is 16.2. The monoisotopic (exact) mass is 445 g/mol. The van der Waals surface area contributed by atoms with Gasteiger partial charge in [0.1, 0.15) is 7.05 Å². The lowest BCUT2D eigenvalue weighted by atomic mass is 10.0. The van der Waals surface area contributed by atoms with Crippen LogP contribution in [0.5, 0.6) is 0 Å². The molecule has 0 saturated heterocycles. The van der Waals surface area contributed by atoms with Crippen LogP contribution in [0, 0.1) is 0 Å². The van der Waals surface area contributed by atoms with Crippen LogP contribution < -0.4 is 28.5 Å². The van der Waals surface area contributed by atoms with Crippen LogP contribution in [0.4, 0.5) is 0 Å². The summed E-state index contributed by atoms with van der Waals surface area (Å²) in [7, 11) is 2.08. The van der Waals surface area contributed by atoms with E-state index >= 15 is 0 Å². The molecule has 0 unspecified atom stereocenters. The summed E-state index contributed by atoms with van der Waals surface area (Å²) < 4.78 is 2.11. The maximum Gasteiger partial charge on any atom is 0.168 e. The average Bonchev–Trinajstić information content (AvgIpc) is 2.57. The number of aromatic nitrogens is 1. The molecule has 0 aliphatic heterocycles. The van der Waals surface area contributed by atoms with Gasteiger partial charge in [0.15, 0.2) is 12.4 Å². The van der Waals surface area contributed by atoms with Gasteiger partial charge in [-0.1, -0.05) is 90.4 Å². The molecule has 0 saturated carbocycles. The fraction of sp³-hybridized carbons (Fsp3) is 0.773. The van der Waals surface area contributed by atoms with Gasteiger partial charge in [0.05, 0.1) is 0 Å². The number of halogens is 1. The molecule has 0 atom stereocenters. The summed E-state index contributed by atoms with van der Waals surface area (Å²) in [6, 6.07) is 4.50. The number of hydrogen-bond acceptors (Lipinski definition) is 0. The van der Waals surface area contributed by atoms with Gasteiger partial charge in [-0.15, -0.1) is 0 Å². The zero-order chi connectivity index (χ0) is 16.6. The lowest BCUT2D eigenvalue weighted by Gasteiger charge is -2.03. The first-order valence-corrected chi connectivity index (χ1v) is 10.3. The minimum atomic E-state index is 0. The standard InChI is InChI=1S/C22H40N.HI/c1-3-4-5-6-7-8-9-10-11-12-13-14-15-16-17-22-18-20-23(2)21-19-22;/h18-21H,3-17H2,1-2H3;1H/q+1;/p-1. The van der Waals surface area contributed by atoms with Gasteiger partial charge < -0.3 is 24.0 Å². The highest BCUT2D eigenvalue weighted by Crippen LogP contribution is 2.13. The predicted molar refractivity (Wildman–Crippen MR) is 102 cm³/mol. The van der Waals surface area contributed by atoms with E-state index in [-0.39, 0.29) is 24.0 Å². The maximum atomic E-state index is 2.29. The summed E-state index contributed by atoms with van der Waals surface area (Å²) in [6.45, 7) is 2.29. The van der Waals surface area contributed by atoms with Gasteiger partial charge in [-0.2, -0.15) is 0 Å². The van der Waals surface area contributed by atoms with Gasteiger partial charge in [-0.25, -0.2) is 4.57 Å². The highest BCUT2D eigenvalue weighted by atomic mass is 127. The Labute approximate surface area is 168 Å². The lowest BCUT2D eigenvalue weighted by Crippen LogP contribution is -3.00. The molecule has 0 fully saturated rings. The van der Waals surface area contributed by atoms with E-state index < -0.39 is 0 Å². The third-order valence-corrected chi connectivity index (χ3v) is 4.87. The van der Waals surface area contributed by atoms with Crippen molar-refractivity contribution < 1.29 is 28.5 Å². The molecule has 140 valence electrons. The quantitative estimate of drug-likeness (QED) is 0.221. The molecule has 24 heavy (non-hydrogen) atoms. The van der Waals surface area contributed by atoms with Gasteiger partial charge in [-0.3, -0.25) is 0 Å². The summed E-state index contributed by atoms with van der Waals surface area (Å²) in [5.41, 5.74) is 1.49. The Hall–Kier alpha value is -0.120. The summed E-state index contributed by atoms with van der Waals surface area (Å²) in [5, 5.41) is 0. The Bertz CT molecular complexity index is 361. The zero-order valence-corrected chi connectivity index (χ0v) is 18.4. The van der Waals surface area contributed by atoms with Crippen molar-refractivity contribution in [2.75, 3.05) is 0 Å². The van der Waals surface area contributed by atoms with Crippen molar-refractivity contribution in [3.63, 3.8) is 0 Å². The molecule has 0 aliphatic carbocycles. The second-order valence-corrected chi connectivity index (χ2v) is 7.22. The van der Waals surface area contributed by atoms with E-state index in [0.717, 1.165) is 0 Å². The molecule has 0 N–H and O–H groups in total. The molecule has 0 bridgehead atoms. The normalized spacial score (nSPS) is 10.6. The van der Waals surface area contributed by atoms with Gasteiger partial charge in [0.25, 0.3) is 0 Å². The second-order valence-electron chi connectivity index (χ2n) is 7.22. The summed E-state index contributed by atoms with van der Waals surface area (Å²) in [4.78, 5) is 0. The highest BCUT2D eigenvalue weighted by Gasteiger charge is 1.97. The van der Waals surface area contributed by atoms with Crippen LogP contribution in [-0.2, 0) is 13.5 Å². The van der Waals surface area contributed by atoms with E-state index in [2.05, 4.69) is 43.1 Å². The Balaban J connectivity index is 0.00000529. The summed E-state index contributed by atoms with van der Waals surface area (Å²) in [5.74, 6) is 0. The molecule has 1 heterocycles. The smallest absolute Gasteiger partial charge is 0.168 e. The molecule has 1 aromatic heterocycles. The molecular formula is C22H40IN. The third kappa shape index (κ3) is 14.2. The lowest BCUT2D eigenvalue weighted by molar-refractivity contribution is -0.671. The van der Waals surface area contributed by atoms with Crippen LogP contribution in [0.3, 0.4) is 0 Å². The fourth-order valence-corrected chi connectivity index (χ4v) is 3.22. The van der Waals surface area contributed by atoms with E-state index in [1.165, 1.54) is 102 Å². The third-order valence-electron chi connectivity index (χ3n) is 4.87. The topological polar surface area (TPSA) is 3.88 Å². The van der Waals surface area contributed by atoms with Crippen molar-refractivity contribution in [1.29, 1.82) is 0 Å². The van der Waals surface area contributed by atoms with Crippen LogP contribution in [0.25, 0.3) is 0 Å². The van der Waals surface area contributed by atoms with E-state index in [0.29, 0.717) is 0 Å². The highest BCUT2D eigenvalue weighted by molar-refractivity contribution is 5.06. The van der Waals surface area contributed by atoms with Crippen LogP contribution in [-0.4, -0.2) is 0 Å². The Kier molecular flexibility index (Phi) is 17.6. The molecule has 1 rings (SSSR count). The maximum absolute atomic E-state index is 2.29. The SMILES string of the molecule is CCCCCCCCCCCCCCCCc1cc[n+](C)cc1.[I-].